The molecule has 10 heteroatoms. The summed E-state index contributed by atoms with van der Waals surface area (Å²) >= 11 is 0. The Bertz CT molecular complexity index is 988. The van der Waals surface area contributed by atoms with Gasteiger partial charge in [0.1, 0.15) is 5.54 Å². The lowest BCUT2D eigenvalue weighted by molar-refractivity contribution is -0.125. The second-order valence-corrected chi connectivity index (χ2v) is 10.2. The Morgan fingerprint density at radius 2 is 1.80 bits per heavy atom. The summed E-state index contributed by atoms with van der Waals surface area (Å²) in [6.45, 7) is 0. The highest BCUT2D eigenvalue weighted by Crippen LogP contribution is 2.43. The molecule has 2 atom stereocenters. The molecule has 0 radical (unpaired) electrons. The number of nitrogens with one attached hydrogen (secondary N) is 2. The minimum absolute atomic E-state index is 0.0285. The third-order valence-electron chi connectivity index (χ3n) is 6.84. The van der Waals surface area contributed by atoms with Crippen LogP contribution in [0.25, 0.3) is 0 Å². The zero-order chi connectivity index (χ0) is 21.7. The molecule has 164 valence electrons. The lowest BCUT2D eigenvalue weighted by Gasteiger charge is -2.30. The van der Waals surface area contributed by atoms with Crippen molar-refractivity contribution in [3.63, 3.8) is 0 Å². The van der Waals surface area contributed by atoms with E-state index in [1.165, 1.54) is 6.07 Å². The zero-order valence-corrected chi connectivity index (χ0v) is 17.2. The monoisotopic (exact) mass is 441 g/mol. The molecule has 30 heavy (non-hydrogen) atoms. The van der Waals surface area contributed by atoms with Gasteiger partial charge in [-0.05, 0) is 61.1 Å². The average molecular weight is 442 g/mol. The van der Waals surface area contributed by atoms with E-state index in [0.29, 0.717) is 31.2 Å². The van der Waals surface area contributed by atoms with Gasteiger partial charge < -0.3 is 5.32 Å². The molecule has 4 N–H and O–H groups in total. The van der Waals surface area contributed by atoms with Crippen LogP contribution < -0.4 is 15.8 Å². The van der Waals surface area contributed by atoms with Crippen molar-refractivity contribution in [2.24, 2.45) is 11.1 Å². The predicted octanol–water partition coefficient (Wildman–Crippen LogP) is 2.55. The maximum absolute atomic E-state index is 13.5. The van der Waals surface area contributed by atoms with E-state index in [4.69, 9.17) is 5.14 Å². The van der Waals surface area contributed by atoms with E-state index in [1.807, 2.05) is 0 Å². The molecule has 1 aromatic carbocycles. The van der Waals surface area contributed by atoms with Crippen molar-refractivity contribution in [2.75, 3.05) is 0 Å². The number of hydrogen-bond donors (Lipinski definition) is 3. The van der Waals surface area contributed by atoms with Crippen LogP contribution in [-0.2, 0) is 21.2 Å². The van der Waals surface area contributed by atoms with Crippen LogP contribution in [-0.4, -0.2) is 31.8 Å². The number of sulfonamides is 1. The van der Waals surface area contributed by atoms with E-state index >= 15 is 0 Å². The molecule has 1 saturated heterocycles. The minimum Gasteiger partial charge on any atom is -0.323 e. The largest absolute Gasteiger partial charge is 0.323 e. The maximum atomic E-state index is 13.5. The average Bonchev–Trinajstić information content (AvgIpc) is 3.17. The first-order valence-electron chi connectivity index (χ1n) is 10.2. The Labute approximate surface area is 173 Å². The first-order valence-corrected chi connectivity index (χ1v) is 11.7. The molecule has 2 saturated carbocycles. The smallest absolute Gasteiger partial charge is 0.322 e. The Hall–Kier alpha value is -2.07. The highest BCUT2D eigenvalue weighted by Gasteiger charge is 2.54. The van der Waals surface area contributed by atoms with Crippen molar-refractivity contribution < 1.29 is 26.8 Å². The van der Waals surface area contributed by atoms with E-state index in [-0.39, 0.29) is 36.0 Å². The van der Waals surface area contributed by atoms with Gasteiger partial charge in [-0.25, -0.2) is 27.1 Å². The molecular formula is C20H25F2N3O4S. The lowest BCUT2D eigenvalue weighted by atomic mass is 9.79. The number of alkyl halides is 2. The van der Waals surface area contributed by atoms with Gasteiger partial charge in [-0.15, -0.1) is 0 Å². The number of benzene rings is 1. The Balaban J connectivity index is 1.66. The number of rotatable bonds is 4. The molecule has 0 aromatic heterocycles. The number of amides is 3. The molecule has 3 fully saturated rings. The Kier molecular flexibility index (Phi) is 5.13. The van der Waals surface area contributed by atoms with Crippen LogP contribution in [0.4, 0.5) is 13.6 Å². The van der Waals surface area contributed by atoms with E-state index in [0.717, 1.165) is 12.0 Å². The lowest BCUT2D eigenvalue weighted by Crippen LogP contribution is -2.50. The standard InChI is InChI=1S/C20H25F2N3O4S/c21-19(22)8-5-12(6-9-19)13-3-4-16(30(23,28)29)14(10-13)11-15-2-1-7-20(15)17(26)24-18(27)25-20/h3-4,10,12,15H,1-2,5-9,11H2,(H2,23,28,29)(H2,24,25,26,27). The summed E-state index contributed by atoms with van der Waals surface area (Å²) in [7, 11) is -4.01. The number of primary sulfonamides is 1. The fourth-order valence-corrected chi connectivity index (χ4v) is 6.02. The van der Waals surface area contributed by atoms with Crippen molar-refractivity contribution in [3.05, 3.63) is 29.3 Å². The van der Waals surface area contributed by atoms with E-state index in [9.17, 15) is 26.8 Å². The van der Waals surface area contributed by atoms with Crippen LogP contribution in [0.2, 0.25) is 0 Å². The fraction of sp³-hybridized carbons (Fsp3) is 0.600. The van der Waals surface area contributed by atoms with Crippen molar-refractivity contribution in [2.45, 2.75) is 73.6 Å². The molecule has 2 aliphatic carbocycles. The molecule has 3 aliphatic rings. The first kappa shape index (κ1) is 21.2. The molecule has 1 spiro atoms. The summed E-state index contributed by atoms with van der Waals surface area (Å²) in [6.07, 6.45) is 2.37. The van der Waals surface area contributed by atoms with Crippen LogP contribution in [0.15, 0.2) is 23.1 Å². The third kappa shape index (κ3) is 3.82. The topological polar surface area (TPSA) is 118 Å². The summed E-state index contributed by atoms with van der Waals surface area (Å²) in [6, 6.07) is 4.26. The molecule has 1 heterocycles. The van der Waals surface area contributed by atoms with Crippen molar-refractivity contribution in [1.82, 2.24) is 10.6 Å². The number of urea groups is 1. The zero-order valence-electron chi connectivity index (χ0n) is 16.4. The summed E-state index contributed by atoms with van der Waals surface area (Å²) in [5.41, 5.74) is 0.225. The molecule has 7 nitrogen and oxygen atoms in total. The number of hydrogen-bond acceptors (Lipinski definition) is 4. The van der Waals surface area contributed by atoms with Gasteiger partial charge in [0, 0.05) is 12.8 Å². The maximum Gasteiger partial charge on any atom is 0.322 e. The molecular weight excluding hydrogens is 416 g/mol. The molecule has 3 amide bonds. The SMILES string of the molecule is NS(=O)(=O)c1ccc(C2CCC(F)(F)CC2)cc1CC1CCCC12NC(=O)NC2=O. The summed E-state index contributed by atoms with van der Waals surface area (Å²) in [4.78, 5) is 24.2. The van der Waals surface area contributed by atoms with Gasteiger partial charge >= 0.3 is 6.03 Å². The third-order valence-corrected chi connectivity index (χ3v) is 7.85. The van der Waals surface area contributed by atoms with Crippen molar-refractivity contribution in [3.8, 4) is 0 Å². The van der Waals surface area contributed by atoms with Gasteiger partial charge in [0.15, 0.2) is 0 Å². The molecule has 2 unspecified atom stereocenters. The normalized spacial score (nSPS) is 29.2. The molecule has 1 aromatic rings. The highest BCUT2D eigenvalue weighted by molar-refractivity contribution is 7.89. The number of imide groups is 1. The van der Waals surface area contributed by atoms with Gasteiger partial charge in [-0.3, -0.25) is 10.1 Å². The van der Waals surface area contributed by atoms with Gasteiger partial charge in [0.05, 0.1) is 4.90 Å². The fourth-order valence-electron chi connectivity index (χ4n) is 5.25. The molecule has 4 rings (SSSR count). The van der Waals surface area contributed by atoms with Crippen LogP contribution in [0.1, 0.15) is 62.0 Å². The number of carbonyl (C=O) groups excluding carboxylic acids is 2. The second-order valence-electron chi connectivity index (χ2n) is 8.72. The summed E-state index contributed by atoms with van der Waals surface area (Å²) < 4.78 is 51.4. The van der Waals surface area contributed by atoms with Crippen LogP contribution in [0, 0.1) is 5.92 Å². The van der Waals surface area contributed by atoms with Crippen molar-refractivity contribution >= 4 is 22.0 Å². The number of nitrogens with two attached hydrogens (primary N) is 1. The van der Waals surface area contributed by atoms with Crippen molar-refractivity contribution in [1.29, 1.82) is 0 Å². The highest BCUT2D eigenvalue weighted by atomic mass is 32.2. The summed E-state index contributed by atoms with van der Waals surface area (Å²) in [5.74, 6) is -3.40. The van der Waals surface area contributed by atoms with Gasteiger partial charge in [-0.2, -0.15) is 0 Å². The Morgan fingerprint density at radius 3 is 2.40 bits per heavy atom. The van der Waals surface area contributed by atoms with E-state index < -0.39 is 33.4 Å². The van der Waals surface area contributed by atoms with Crippen LogP contribution in [0.3, 0.4) is 0 Å². The van der Waals surface area contributed by atoms with Gasteiger partial charge in [-0.1, -0.05) is 18.6 Å². The van der Waals surface area contributed by atoms with Crippen LogP contribution >= 0.6 is 0 Å². The quantitative estimate of drug-likeness (QED) is 0.622. The summed E-state index contributed by atoms with van der Waals surface area (Å²) in [5, 5.41) is 10.4. The van der Waals surface area contributed by atoms with E-state index in [2.05, 4.69) is 10.6 Å². The number of halogens is 2. The Morgan fingerprint density at radius 1 is 1.10 bits per heavy atom. The predicted molar refractivity (Wildman–Crippen MR) is 104 cm³/mol. The molecule has 0 bridgehead atoms. The number of carbonyl (C=O) groups is 2. The molecule has 1 aliphatic heterocycles. The first-order chi connectivity index (χ1) is 14.0. The van der Waals surface area contributed by atoms with Crippen LogP contribution in [0.5, 0.6) is 0 Å². The second kappa shape index (κ2) is 7.26. The van der Waals surface area contributed by atoms with Gasteiger partial charge in [0.2, 0.25) is 15.9 Å². The van der Waals surface area contributed by atoms with E-state index in [1.54, 1.807) is 12.1 Å². The van der Waals surface area contributed by atoms with Gasteiger partial charge in [0.25, 0.3) is 5.91 Å². The minimum atomic E-state index is -4.01.